The zero-order valence-electron chi connectivity index (χ0n) is 15.5. The summed E-state index contributed by atoms with van der Waals surface area (Å²) >= 11 is 0. The number of aryl methyl sites for hydroxylation is 1. The Morgan fingerprint density at radius 2 is 1.85 bits per heavy atom. The summed E-state index contributed by atoms with van der Waals surface area (Å²) in [6, 6.07) is 14.7. The van der Waals surface area contributed by atoms with Crippen LogP contribution in [0.1, 0.15) is 34.8 Å². The Labute approximate surface area is 154 Å². The number of hydrogen-bond acceptors (Lipinski definition) is 3. The largest absolute Gasteiger partial charge is 0.496 e. The van der Waals surface area contributed by atoms with Crippen molar-refractivity contribution in [3.63, 3.8) is 0 Å². The fraction of sp³-hybridized carbons (Fsp3) is 0.333. The summed E-state index contributed by atoms with van der Waals surface area (Å²) in [7, 11) is 1.64. The molecule has 1 unspecified atom stereocenters. The van der Waals surface area contributed by atoms with Crippen LogP contribution in [0.15, 0.2) is 48.5 Å². The lowest BCUT2D eigenvalue weighted by atomic mass is 10.1. The fourth-order valence-electron chi connectivity index (χ4n) is 2.74. The molecule has 0 radical (unpaired) electrons. The van der Waals surface area contributed by atoms with Crippen LogP contribution >= 0.6 is 0 Å². The van der Waals surface area contributed by atoms with E-state index < -0.39 is 0 Å². The molecule has 2 rings (SSSR count). The minimum absolute atomic E-state index is 0.0857. The standard InChI is InChI=1S/C21H26N2O3/c1-15-9-10-19(26-3)18(13-15)11-12-22-20(24)14-16(2)23-21(25)17-7-5-4-6-8-17/h4-10,13,16H,11-12,14H2,1-3H3,(H,22,24)(H,23,25). The maximum atomic E-state index is 12.1. The van der Waals surface area contributed by atoms with E-state index in [9.17, 15) is 9.59 Å². The van der Waals surface area contributed by atoms with Gasteiger partial charge >= 0.3 is 0 Å². The number of methoxy groups -OCH3 is 1. The normalized spacial score (nSPS) is 11.5. The Kier molecular flexibility index (Phi) is 7.21. The highest BCUT2D eigenvalue weighted by Gasteiger charge is 2.13. The first-order valence-corrected chi connectivity index (χ1v) is 8.75. The second kappa shape index (κ2) is 9.61. The van der Waals surface area contributed by atoms with Gasteiger partial charge in [-0.15, -0.1) is 0 Å². The molecule has 2 aromatic rings. The molecule has 2 aromatic carbocycles. The number of amides is 2. The molecule has 0 fully saturated rings. The molecule has 0 aliphatic heterocycles. The van der Waals surface area contributed by atoms with Crippen molar-refractivity contribution in [2.24, 2.45) is 0 Å². The van der Waals surface area contributed by atoms with Crippen LogP contribution in [0.4, 0.5) is 0 Å². The topological polar surface area (TPSA) is 67.4 Å². The first-order valence-electron chi connectivity index (χ1n) is 8.75. The van der Waals surface area contributed by atoms with E-state index >= 15 is 0 Å². The average molecular weight is 354 g/mol. The average Bonchev–Trinajstić information content (AvgIpc) is 2.62. The number of benzene rings is 2. The summed E-state index contributed by atoms with van der Waals surface area (Å²) in [6.07, 6.45) is 0.935. The Bertz CT molecular complexity index is 744. The molecule has 2 amide bonds. The van der Waals surface area contributed by atoms with Crippen molar-refractivity contribution in [2.75, 3.05) is 13.7 Å². The third kappa shape index (κ3) is 5.92. The summed E-state index contributed by atoms with van der Waals surface area (Å²) < 4.78 is 5.35. The maximum Gasteiger partial charge on any atom is 0.251 e. The molecule has 26 heavy (non-hydrogen) atoms. The van der Waals surface area contributed by atoms with E-state index in [1.807, 2.05) is 44.2 Å². The van der Waals surface area contributed by atoms with E-state index in [0.29, 0.717) is 18.5 Å². The van der Waals surface area contributed by atoms with Crippen LogP contribution in [0, 0.1) is 6.92 Å². The molecule has 0 aliphatic rings. The Hall–Kier alpha value is -2.82. The first-order chi connectivity index (χ1) is 12.5. The Morgan fingerprint density at radius 1 is 1.12 bits per heavy atom. The van der Waals surface area contributed by atoms with Crippen LogP contribution in [0.2, 0.25) is 0 Å². The molecule has 0 bridgehead atoms. The van der Waals surface area contributed by atoms with Crippen LogP contribution in [0.5, 0.6) is 5.75 Å². The summed E-state index contributed by atoms with van der Waals surface area (Å²) in [5, 5.41) is 5.74. The van der Waals surface area contributed by atoms with Crippen molar-refractivity contribution in [3.05, 3.63) is 65.2 Å². The fourth-order valence-corrected chi connectivity index (χ4v) is 2.74. The SMILES string of the molecule is COc1ccc(C)cc1CCNC(=O)CC(C)NC(=O)c1ccccc1. The van der Waals surface area contributed by atoms with E-state index in [1.54, 1.807) is 19.2 Å². The van der Waals surface area contributed by atoms with Gasteiger partial charge in [0.05, 0.1) is 7.11 Å². The number of ether oxygens (including phenoxy) is 1. The summed E-state index contributed by atoms with van der Waals surface area (Å²) in [6.45, 7) is 4.38. The molecule has 0 aromatic heterocycles. The molecule has 0 saturated carbocycles. The molecule has 2 N–H and O–H groups in total. The van der Waals surface area contributed by atoms with Crippen molar-refractivity contribution in [3.8, 4) is 5.75 Å². The van der Waals surface area contributed by atoms with Gasteiger partial charge in [-0.05, 0) is 44.0 Å². The van der Waals surface area contributed by atoms with Gasteiger partial charge < -0.3 is 15.4 Å². The van der Waals surface area contributed by atoms with E-state index in [4.69, 9.17) is 4.74 Å². The molecular formula is C21H26N2O3. The van der Waals surface area contributed by atoms with Crippen LogP contribution in [0.3, 0.4) is 0 Å². The monoisotopic (exact) mass is 354 g/mol. The van der Waals surface area contributed by atoms with Gasteiger partial charge in [0.1, 0.15) is 5.75 Å². The molecule has 138 valence electrons. The van der Waals surface area contributed by atoms with Gasteiger partial charge in [0.2, 0.25) is 5.91 Å². The molecule has 0 heterocycles. The summed E-state index contributed by atoms with van der Waals surface area (Å²) in [4.78, 5) is 24.2. The van der Waals surface area contributed by atoms with Crippen molar-refractivity contribution in [1.82, 2.24) is 10.6 Å². The first kappa shape index (κ1) is 19.5. The van der Waals surface area contributed by atoms with E-state index in [2.05, 4.69) is 16.7 Å². The minimum atomic E-state index is -0.240. The number of hydrogen-bond donors (Lipinski definition) is 2. The van der Waals surface area contributed by atoms with E-state index in [0.717, 1.165) is 16.9 Å². The zero-order valence-corrected chi connectivity index (χ0v) is 15.5. The van der Waals surface area contributed by atoms with Gasteiger partial charge in [0.25, 0.3) is 5.91 Å². The zero-order chi connectivity index (χ0) is 18.9. The van der Waals surface area contributed by atoms with Crippen molar-refractivity contribution in [2.45, 2.75) is 32.7 Å². The Morgan fingerprint density at radius 3 is 2.54 bits per heavy atom. The van der Waals surface area contributed by atoms with Gasteiger partial charge in [-0.1, -0.05) is 35.9 Å². The highest BCUT2D eigenvalue weighted by atomic mass is 16.5. The number of carbonyl (C=O) groups is 2. The molecular weight excluding hydrogens is 328 g/mol. The minimum Gasteiger partial charge on any atom is -0.496 e. The van der Waals surface area contributed by atoms with Crippen LogP contribution in [0.25, 0.3) is 0 Å². The third-order valence-electron chi connectivity index (χ3n) is 4.06. The van der Waals surface area contributed by atoms with Gasteiger partial charge in [-0.25, -0.2) is 0 Å². The van der Waals surface area contributed by atoms with Crippen LogP contribution in [-0.2, 0) is 11.2 Å². The molecule has 0 saturated heterocycles. The Balaban J connectivity index is 1.76. The number of rotatable bonds is 8. The van der Waals surface area contributed by atoms with Gasteiger partial charge in [-0.3, -0.25) is 9.59 Å². The van der Waals surface area contributed by atoms with E-state index in [-0.39, 0.29) is 24.3 Å². The smallest absolute Gasteiger partial charge is 0.251 e. The summed E-state index contributed by atoms with van der Waals surface area (Å²) in [5.41, 5.74) is 2.81. The number of carbonyl (C=O) groups excluding carboxylic acids is 2. The van der Waals surface area contributed by atoms with Crippen LogP contribution in [-0.4, -0.2) is 31.5 Å². The predicted molar refractivity (Wildman–Crippen MR) is 102 cm³/mol. The lowest BCUT2D eigenvalue weighted by molar-refractivity contribution is -0.121. The third-order valence-corrected chi connectivity index (χ3v) is 4.06. The van der Waals surface area contributed by atoms with E-state index in [1.165, 1.54) is 0 Å². The molecule has 1 atom stereocenters. The van der Waals surface area contributed by atoms with Crippen molar-refractivity contribution >= 4 is 11.8 Å². The van der Waals surface area contributed by atoms with Crippen molar-refractivity contribution < 1.29 is 14.3 Å². The predicted octanol–water partition coefficient (Wildman–Crippen LogP) is 2.87. The highest BCUT2D eigenvalue weighted by molar-refractivity contribution is 5.94. The van der Waals surface area contributed by atoms with Crippen LogP contribution < -0.4 is 15.4 Å². The molecule has 5 nitrogen and oxygen atoms in total. The molecule has 0 spiro atoms. The van der Waals surface area contributed by atoms with Gasteiger partial charge in [0, 0.05) is 24.6 Å². The maximum absolute atomic E-state index is 12.1. The summed E-state index contributed by atoms with van der Waals surface area (Å²) in [5.74, 6) is 0.571. The second-order valence-corrected chi connectivity index (χ2v) is 6.36. The lowest BCUT2D eigenvalue weighted by Gasteiger charge is -2.14. The number of nitrogens with one attached hydrogen (secondary N) is 2. The highest BCUT2D eigenvalue weighted by Crippen LogP contribution is 2.19. The quantitative estimate of drug-likeness (QED) is 0.766. The van der Waals surface area contributed by atoms with Gasteiger partial charge in [-0.2, -0.15) is 0 Å². The van der Waals surface area contributed by atoms with Gasteiger partial charge in [0.15, 0.2) is 0 Å². The lowest BCUT2D eigenvalue weighted by Crippen LogP contribution is -2.37. The molecule has 0 aliphatic carbocycles. The van der Waals surface area contributed by atoms with Crippen molar-refractivity contribution in [1.29, 1.82) is 0 Å². The molecule has 5 heteroatoms. The second-order valence-electron chi connectivity index (χ2n) is 6.36.